The fourth-order valence-corrected chi connectivity index (χ4v) is 3.56. The Morgan fingerprint density at radius 2 is 2.14 bits per heavy atom. The van der Waals surface area contributed by atoms with Crippen molar-refractivity contribution in [3.05, 3.63) is 20.8 Å². The molecule has 0 bridgehead atoms. The third-order valence-corrected chi connectivity index (χ3v) is 4.46. The Morgan fingerprint density at radius 1 is 1.43 bits per heavy atom. The van der Waals surface area contributed by atoms with Gasteiger partial charge in [0.2, 0.25) is 0 Å². The molecular formula is C10H15Br2NS. The molecule has 1 nitrogen and oxygen atoms in total. The van der Waals surface area contributed by atoms with Crippen LogP contribution in [-0.4, -0.2) is 11.4 Å². The van der Waals surface area contributed by atoms with Crippen LogP contribution < -0.4 is 5.32 Å². The van der Waals surface area contributed by atoms with E-state index >= 15 is 0 Å². The maximum absolute atomic E-state index is 3.54. The molecule has 1 N–H and O–H groups in total. The van der Waals surface area contributed by atoms with Crippen molar-refractivity contribution in [2.75, 3.05) is 5.33 Å². The van der Waals surface area contributed by atoms with Crippen molar-refractivity contribution in [3.8, 4) is 0 Å². The van der Waals surface area contributed by atoms with E-state index in [-0.39, 0.29) is 0 Å². The third kappa shape index (κ3) is 4.01. The SMILES string of the molecule is CC(C)C(CBr)NCc1ccc(Br)s1. The monoisotopic (exact) mass is 339 g/mol. The molecule has 0 saturated heterocycles. The van der Waals surface area contributed by atoms with Gasteiger partial charge in [0, 0.05) is 22.8 Å². The Hall–Kier alpha value is 0.620. The zero-order valence-electron chi connectivity index (χ0n) is 8.39. The molecule has 0 saturated carbocycles. The molecule has 0 fully saturated rings. The van der Waals surface area contributed by atoms with Crippen molar-refractivity contribution >= 4 is 43.2 Å². The van der Waals surface area contributed by atoms with E-state index in [0.717, 1.165) is 11.9 Å². The van der Waals surface area contributed by atoms with Gasteiger partial charge in [-0.2, -0.15) is 0 Å². The Bertz CT molecular complexity index is 273. The van der Waals surface area contributed by atoms with Crippen LogP contribution in [0.15, 0.2) is 15.9 Å². The van der Waals surface area contributed by atoms with Crippen LogP contribution in [0.3, 0.4) is 0 Å². The largest absolute Gasteiger partial charge is 0.308 e. The molecule has 0 amide bonds. The summed E-state index contributed by atoms with van der Waals surface area (Å²) in [7, 11) is 0. The van der Waals surface area contributed by atoms with Gasteiger partial charge in [-0.1, -0.05) is 29.8 Å². The lowest BCUT2D eigenvalue weighted by Crippen LogP contribution is -2.34. The van der Waals surface area contributed by atoms with E-state index in [1.165, 1.54) is 8.66 Å². The highest BCUT2D eigenvalue weighted by Crippen LogP contribution is 2.22. The second-order valence-corrected chi connectivity index (χ2v) is 6.79. The van der Waals surface area contributed by atoms with Crippen molar-refractivity contribution < 1.29 is 0 Å². The van der Waals surface area contributed by atoms with E-state index in [9.17, 15) is 0 Å². The highest BCUT2D eigenvalue weighted by Gasteiger charge is 2.10. The molecule has 4 heteroatoms. The molecule has 1 aromatic heterocycles. The van der Waals surface area contributed by atoms with Crippen LogP contribution in [0.25, 0.3) is 0 Å². The quantitative estimate of drug-likeness (QED) is 0.798. The maximum atomic E-state index is 3.54. The first kappa shape index (κ1) is 12.7. The van der Waals surface area contributed by atoms with Gasteiger partial charge in [0.15, 0.2) is 0 Å². The van der Waals surface area contributed by atoms with Gasteiger partial charge in [-0.05, 0) is 34.0 Å². The van der Waals surface area contributed by atoms with E-state index in [4.69, 9.17) is 0 Å². The highest BCUT2D eigenvalue weighted by atomic mass is 79.9. The molecule has 1 heterocycles. The van der Waals surface area contributed by atoms with Crippen molar-refractivity contribution in [2.24, 2.45) is 5.92 Å². The molecule has 1 unspecified atom stereocenters. The van der Waals surface area contributed by atoms with E-state index in [2.05, 4.69) is 63.2 Å². The topological polar surface area (TPSA) is 12.0 Å². The summed E-state index contributed by atoms with van der Waals surface area (Å²) in [6, 6.07) is 4.81. The van der Waals surface area contributed by atoms with Crippen LogP contribution in [0.1, 0.15) is 18.7 Å². The van der Waals surface area contributed by atoms with Gasteiger partial charge in [-0.25, -0.2) is 0 Å². The predicted octanol–water partition coefficient (Wildman–Crippen LogP) is 4.02. The minimum atomic E-state index is 0.552. The summed E-state index contributed by atoms with van der Waals surface area (Å²) in [6.45, 7) is 5.44. The van der Waals surface area contributed by atoms with Gasteiger partial charge in [-0.15, -0.1) is 11.3 Å². The first-order valence-corrected chi connectivity index (χ1v) is 7.40. The van der Waals surface area contributed by atoms with Gasteiger partial charge in [0.1, 0.15) is 0 Å². The van der Waals surface area contributed by atoms with E-state index in [1.54, 1.807) is 11.3 Å². The molecular weight excluding hydrogens is 326 g/mol. The van der Waals surface area contributed by atoms with E-state index in [1.807, 2.05) is 0 Å². The van der Waals surface area contributed by atoms with Crippen molar-refractivity contribution in [2.45, 2.75) is 26.4 Å². The zero-order valence-corrected chi connectivity index (χ0v) is 12.4. The molecule has 80 valence electrons. The van der Waals surface area contributed by atoms with E-state index < -0.39 is 0 Å². The molecule has 1 aromatic rings. The lowest BCUT2D eigenvalue weighted by atomic mass is 10.1. The first-order chi connectivity index (χ1) is 6.63. The summed E-state index contributed by atoms with van der Waals surface area (Å²) in [6.07, 6.45) is 0. The fraction of sp³-hybridized carbons (Fsp3) is 0.600. The second-order valence-electron chi connectivity index (χ2n) is 3.59. The summed E-state index contributed by atoms with van der Waals surface area (Å²) in [5, 5.41) is 4.55. The Labute approximate surface area is 107 Å². The average molecular weight is 341 g/mol. The van der Waals surface area contributed by atoms with Gasteiger partial charge in [0.05, 0.1) is 3.79 Å². The smallest absolute Gasteiger partial charge is 0.0701 e. The minimum Gasteiger partial charge on any atom is -0.308 e. The molecule has 0 spiro atoms. The molecule has 0 aliphatic carbocycles. The Kier molecular flexibility index (Phi) is 5.67. The number of rotatable bonds is 5. The van der Waals surface area contributed by atoms with E-state index in [0.29, 0.717) is 12.0 Å². The van der Waals surface area contributed by atoms with Gasteiger partial charge in [-0.3, -0.25) is 0 Å². The molecule has 1 rings (SSSR count). The normalized spacial score (nSPS) is 13.5. The number of halogens is 2. The molecule has 0 aromatic carbocycles. The van der Waals surface area contributed by atoms with Gasteiger partial charge >= 0.3 is 0 Å². The van der Waals surface area contributed by atoms with Crippen LogP contribution in [0.4, 0.5) is 0 Å². The Morgan fingerprint density at radius 3 is 2.57 bits per heavy atom. The summed E-state index contributed by atoms with van der Waals surface area (Å²) in [5.74, 6) is 0.665. The number of hydrogen-bond acceptors (Lipinski definition) is 2. The second kappa shape index (κ2) is 6.26. The average Bonchev–Trinajstić information content (AvgIpc) is 2.52. The van der Waals surface area contributed by atoms with Crippen LogP contribution in [0, 0.1) is 5.92 Å². The first-order valence-electron chi connectivity index (χ1n) is 4.67. The predicted molar refractivity (Wildman–Crippen MR) is 71.3 cm³/mol. The van der Waals surface area contributed by atoms with Crippen molar-refractivity contribution in [1.29, 1.82) is 0 Å². The Balaban J connectivity index is 2.39. The standard InChI is InChI=1S/C10H15Br2NS/c1-7(2)9(5-11)13-6-8-3-4-10(12)14-8/h3-4,7,9,13H,5-6H2,1-2H3. The molecule has 1 atom stereocenters. The summed E-state index contributed by atoms with van der Waals surface area (Å²) >= 11 is 8.78. The minimum absolute atomic E-state index is 0.552. The maximum Gasteiger partial charge on any atom is 0.0701 e. The molecule has 14 heavy (non-hydrogen) atoms. The lowest BCUT2D eigenvalue weighted by molar-refractivity contribution is 0.435. The fourth-order valence-electron chi connectivity index (χ4n) is 1.15. The van der Waals surface area contributed by atoms with Crippen LogP contribution in [0.5, 0.6) is 0 Å². The van der Waals surface area contributed by atoms with Crippen molar-refractivity contribution in [3.63, 3.8) is 0 Å². The lowest BCUT2D eigenvalue weighted by Gasteiger charge is -2.19. The summed E-state index contributed by atoms with van der Waals surface area (Å²) < 4.78 is 1.20. The van der Waals surface area contributed by atoms with Crippen LogP contribution in [0.2, 0.25) is 0 Å². The molecule has 0 aliphatic heterocycles. The van der Waals surface area contributed by atoms with Gasteiger partial charge < -0.3 is 5.32 Å². The van der Waals surface area contributed by atoms with Crippen LogP contribution in [-0.2, 0) is 6.54 Å². The summed E-state index contributed by atoms with van der Waals surface area (Å²) in [4.78, 5) is 1.38. The molecule has 0 radical (unpaired) electrons. The van der Waals surface area contributed by atoms with Gasteiger partial charge in [0.25, 0.3) is 0 Å². The number of alkyl halides is 1. The number of hydrogen-bond donors (Lipinski definition) is 1. The third-order valence-electron chi connectivity index (χ3n) is 2.14. The highest BCUT2D eigenvalue weighted by molar-refractivity contribution is 9.11. The summed E-state index contributed by atoms with van der Waals surface area (Å²) in [5.41, 5.74) is 0. The van der Waals surface area contributed by atoms with Crippen LogP contribution >= 0.6 is 43.2 Å². The van der Waals surface area contributed by atoms with Crippen molar-refractivity contribution in [1.82, 2.24) is 5.32 Å². The number of thiophene rings is 1. The zero-order chi connectivity index (χ0) is 10.6. The molecule has 0 aliphatic rings. The number of nitrogens with one attached hydrogen (secondary N) is 1.